The minimum Gasteiger partial charge on any atom is -0.366 e. The van der Waals surface area contributed by atoms with Gasteiger partial charge in [0, 0.05) is 38.8 Å². The van der Waals surface area contributed by atoms with Crippen LogP contribution >= 0.6 is 0 Å². The Morgan fingerprint density at radius 3 is 2.44 bits per heavy atom. The van der Waals surface area contributed by atoms with Gasteiger partial charge < -0.3 is 9.80 Å². The Balaban J connectivity index is 1.36. The van der Waals surface area contributed by atoms with E-state index < -0.39 is 0 Å². The Morgan fingerprint density at radius 1 is 1.00 bits per heavy atom. The molecule has 7 heteroatoms. The largest absolute Gasteiger partial charge is 0.366 e. The molecule has 1 atom stereocenters. The van der Waals surface area contributed by atoms with E-state index in [1.165, 1.54) is 43.7 Å². The SMILES string of the molecule is Cc1nn2cnnc2c(N2CCN(C3CN4CCC3CC4)CC2)c1C. The molecule has 6 rings (SSSR count). The molecule has 2 aromatic heterocycles. The Kier molecular flexibility index (Phi) is 3.67. The van der Waals surface area contributed by atoms with Crippen molar-refractivity contribution >= 4 is 11.3 Å². The molecule has 2 aromatic rings. The van der Waals surface area contributed by atoms with Crippen LogP contribution in [0.2, 0.25) is 0 Å². The summed E-state index contributed by atoms with van der Waals surface area (Å²) in [6.07, 6.45) is 4.50. The van der Waals surface area contributed by atoms with Crippen LogP contribution in [-0.2, 0) is 0 Å². The molecule has 1 unspecified atom stereocenters. The smallest absolute Gasteiger partial charge is 0.201 e. The third kappa shape index (κ3) is 2.52. The molecule has 0 aromatic carbocycles. The highest BCUT2D eigenvalue weighted by Crippen LogP contribution is 2.33. The highest BCUT2D eigenvalue weighted by Gasteiger charge is 2.38. The monoisotopic (exact) mass is 341 g/mol. The Morgan fingerprint density at radius 2 is 1.76 bits per heavy atom. The second kappa shape index (κ2) is 5.92. The van der Waals surface area contributed by atoms with Gasteiger partial charge in [-0.1, -0.05) is 0 Å². The van der Waals surface area contributed by atoms with E-state index >= 15 is 0 Å². The number of aromatic nitrogens is 4. The summed E-state index contributed by atoms with van der Waals surface area (Å²) in [5.74, 6) is 0.921. The molecule has 4 saturated heterocycles. The van der Waals surface area contributed by atoms with Crippen LogP contribution in [0.1, 0.15) is 24.1 Å². The minimum atomic E-state index is 0.776. The van der Waals surface area contributed by atoms with Crippen molar-refractivity contribution in [1.29, 1.82) is 0 Å². The molecular weight excluding hydrogens is 314 g/mol. The lowest BCUT2D eigenvalue weighted by molar-refractivity contribution is 0.00311. The second-order valence-corrected chi connectivity index (χ2v) is 7.89. The van der Waals surface area contributed by atoms with E-state index in [0.717, 1.165) is 49.5 Å². The van der Waals surface area contributed by atoms with Gasteiger partial charge in [0.05, 0.1) is 11.4 Å². The number of piperazine rings is 1. The molecular formula is C18H27N7. The lowest BCUT2D eigenvalue weighted by Crippen LogP contribution is -2.61. The van der Waals surface area contributed by atoms with Crippen molar-refractivity contribution in [1.82, 2.24) is 29.6 Å². The summed E-state index contributed by atoms with van der Waals surface area (Å²) >= 11 is 0. The van der Waals surface area contributed by atoms with E-state index in [-0.39, 0.29) is 0 Å². The zero-order valence-corrected chi connectivity index (χ0v) is 15.2. The summed E-state index contributed by atoms with van der Waals surface area (Å²) in [6.45, 7) is 12.6. The highest BCUT2D eigenvalue weighted by molar-refractivity contribution is 5.72. The molecule has 0 saturated carbocycles. The van der Waals surface area contributed by atoms with Gasteiger partial charge in [0.15, 0.2) is 0 Å². The van der Waals surface area contributed by atoms with Crippen LogP contribution < -0.4 is 4.90 Å². The quantitative estimate of drug-likeness (QED) is 0.811. The first-order valence-electron chi connectivity index (χ1n) is 9.59. The van der Waals surface area contributed by atoms with Gasteiger partial charge in [-0.05, 0) is 51.3 Å². The number of aryl methyl sites for hydroxylation is 1. The van der Waals surface area contributed by atoms with Gasteiger partial charge >= 0.3 is 0 Å². The van der Waals surface area contributed by atoms with E-state index in [4.69, 9.17) is 0 Å². The number of piperidine rings is 3. The maximum Gasteiger partial charge on any atom is 0.201 e. The first-order valence-corrected chi connectivity index (χ1v) is 9.59. The molecule has 7 nitrogen and oxygen atoms in total. The topological polar surface area (TPSA) is 52.8 Å². The van der Waals surface area contributed by atoms with Crippen LogP contribution in [0.25, 0.3) is 5.65 Å². The van der Waals surface area contributed by atoms with Crippen molar-refractivity contribution in [2.45, 2.75) is 32.7 Å². The summed E-state index contributed by atoms with van der Waals surface area (Å²) in [7, 11) is 0. The lowest BCUT2D eigenvalue weighted by atomic mass is 9.83. The van der Waals surface area contributed by atoms with Gasteiger partial charge in [-0.15, -0.1) is 10.2 Å². The van der Waals surface area contributed by atoms with E-state index in [1.807, 2.05) is 4.52 Å². The number of hydrogen-bond donors (Lipinski definition) is 0. The Labute approximate surface area is 148 Å². The first-order chi connectivity index (χ1) is 12.2. The molecule has 4 aliphatic rings. The predicted molar refractivity (Wildman–Crippen MR) is 97.0 cm³/mol. The maximum atomic E-state index is 4.55. The average Bonchev–Trinajstić information content (AvgIpc) is 3.11. The summed E-state index contributed by atoms with van der Waals surface area (Å²) in [5, 5.41) is 12.9. The van der Waals surface area contributed by atoms with Crippen LogP contribution in [0.15, 0.2) is 6.33 Å². The normalized spacial score (nSPS) is 30.3. The van der Waals surface area contributed by atoms with Crippen LogP contribution in [-0.4, -0.2) is 81.5 Å². The van der Waals surface area contributed by atoms with Crippen molar-refractivity contribution in [2.75, 3.05) is 50.7 Å². The molecule has 2 bridgehead atoms. The summed E-state index contributed by atoms with van der Waals surface area (Å²) < 4.78 is 1.82. The number of fused-ring (bicyclic) bond motifs is 4. The molecule has 134 valence electrons. The highest BCUT2D eigenvalue weighted by atomic mass is 15.4. The zero-order valence-electron chi connectivity index (χ0n) is 15.2. The van der Waals surface area contributed by atoms with Crippen LogP contribution in [0.3, 0.4) is 0 Å². The van der Waals surface area contributed by atoms with Gasteiger partial charge in [-0.3, -0.25) is 4.90 Å². The van der Waals surface area contributed by atoms with E-state index in [0.29, 0.717) is 0 Å². The van der Waals surface area contributed by atoms with Crippen LogP contribution in [0.4, 0.5) is 5.69 Å². The van der Waals surface area contributed by atoms with Gasteiger partial charge in [0.1, 0.15) is 6.33 Å². The molecule has 4 fully saturated rings. The van der Waals surface area contributed by atoms with Crippen molar-refractivity contribution in [2.24, 2.45) is 5.92 Å². The fourth-order valence-corrected chi connectivity index (χ4v) is 5.04. The van der Waals surface area contributed by atoms with Crippen LogP contribution in [0.5, 0.6) is 0 Å². The standard InChI is InChI=1S/C18H27N7/c1-13-14(2)21-25-12-19-20-18(25)17(13)24-9-7-23(8-10-24)16-11-22-5-3-15(16)4-6-22/h12,15-16H,3-11H2,1-2H3. The maximum absolute atomic E-state index is 4.55. The predicted octanol–water partition coefficient (Wildman–Crippen LogP) is 0.957. The zero-order chi connectivity index (χ0) is 17.0. The van der Waals surface area contributed by atoms with E-state index in [9.17, 15) is 0 Å². The lowest BCUT2D eigenvalue weighted by Gasteiger charge is -2.51. The van der Waals surface area contributed by atoms with E-state index in [2.05, 4.69) is 43.8 Å². The number of rotatable bonds is 2. The molecule has 0 N–H and O–H groups in total. The molecule has 0 aliphatic carbocycles. The Hall–Kier alpha value is -1.73. The molecule has 0 amide bonds. The van der Waals surface area contributed by atoms with Crippen molar-refractivity contribution in [3.63, 3.8) is 0 Å². The molecule has 25 heavy (non-hydrogen) atoms. The third-order valence-electron chi connectivity index (χ3n) is 6.62. The minimum absolute atomic E-state index is 0.776. The molecule has 6 heterocycles. The third-order valence-corrected chi connectivity index (χ3v) is 6.62. The number of anilines is 1. The van der Waals surface area contributed by atoms with Gasteiger partial charge in [0.25, 0.3) is 0 Å². The second-order valence-electron chi connectivity index (χ2n) is 7.89. The fraction of sp³-hybridized carbons (Fsp3) is 0.722. The number of nitrogens with zero attached hydrogens (tertiary/aromatic N) is 7. The summed E-state index contributed by atoms with van der Waals surface area (Å²) in [5.41, 5.74) is 4.40. The fourth-order valence-electron chi connectivity index (χ4n) is 5.04. The van der Waals surface area contributed by atoms with Crippen LogP contribution in [0, 0.1) is 19.8 Å². The van der Waals surface area contributed by atoms with Crippen molar-refractivity contribution in [3.05, 3.63) is 17.6 Å². The summed E-state index contributed by atoms with van der Waals surface area (Å²) in [6, 6.07) is 0.776. The Bertz CT molecular complexity index is 769. The van der Waals surface area contributed by atoms with E-state index in [1.54, 1.807) is 6.33 Å². The molecule has 0 radical (unpaired) electrons. The van der Waals surface area contributed by atoms with Crippen molar-refractivity contribution < 1.29 is 0 Å². The average molecular weight is 341 g/mol. The number of hydrogen-bond acceptors (Lipinski definition) is 6. The van der Waals surface area contributed by atoms with Gasteiger partial charge in [0.2, 0.25) is 5.65 Å². The molecule has 4 aliphatic heterocycles. The molecule has 0 spiro atoms. The van der Waals surface area contributed by atoms with Crippen molar-refractivity contribution in [3.8, 4) is 0 Å². The van der Waals surface area contributed by atoms with Gasteiger partial charge in [-0.25, -0.2) is 0 Å². The van der Waals surface area contributed by atoms with Gasteiger partial charge in [-0.2, -0.15) is 9.61 Å². The first kappa shape index (κ1) is 15.5. The summed E-state index contributed by atoms with van der Waals surface area (Å²) in [4.78, 5) is 7.90.